The number of ketones is 3. The molecule has 4 aromatic rings. The van der Waals surface area contributed by atoms with Crippen LogP contribution in [-0.2, 0) is 4.84 Å². The molecule has 35 heavy (non-hydrogen) atoms. The summed E-state index contributed by atoms with van der Waals surface area (Å²) in [7, 11) is 0. The second-order valence-corrected chi connectivity index (χ2v) is 8.35. The van der Waals surface area contributed by atoms with Crippen LogP contribution in [0.3, 0.4) is 0 Å². The molecular formula is C30H23NO4. The number of hydrogen-bond donors (Lipinski definition) is 0. The summed E-state index contributed by atoms with van der Waals surface area (Å²) in [5.41, 5.74) is 1.88. The van der Waals surface area contributed by atoms with Crippen LogP contribution in [0.5, 0.6) is 0 Å². The van der Waals surface area contributed by atoms with Crippen molar-refractivity contribution in [3.8, 4) is 0 Å². The van der Waals surface area contributed by atoms with E-state index in [1.807, 2.05) is 36.4 Å². The Hall–Kier alpha value is -4.35. The van der Waals surface area contributed by atoms with Crippen LogP contribution < -0.4 is 5.06 Å². The first-order chi connectivity index (χ1) is 17.1. The van der Waals surface area contributed by atoms with E-state index in [1.54, 1.807) is 84.9 Å². The van der Waals surface area contributed by atoms with Gasteiger partial charge < -0.3 is 0 Å². The number of benzene rings is 4. The molecule has 3 atom stereocenters. The van der Waals surface area contributed by atoms with Crippen LogP contribution >= 0.6 is 0 Å². The fourth-order valence-corrected chi connectivity index (χ4v) is 4.46. The molecule has 1 saturated heterocycles. The largest absolute Gasteiger partial charge is 0.294 e. The molecule has 1 heterocycles. The van der Waals surface area contributed by atoms with Gasteiger partial charge in [-0.15, -0.1) is 0 Å². The Bertz CT molecular complexity index is 1320. The van der Waals surface area contributed by atoms with Crippen LogP contribution in [-0.4, -0.2) is 29.5 Å². The Kier molecular flexibility index (Phi) is 6.33. The number of rotatable bonds is 7. The number of Topliss-reactive ketones (excluding diaryl/α,β-unsaturated/α-hetero) is 3. The van der Waals surface area contributed by atoms with Gasteiger partial charge in [-0.3, -0.25) is 19.2 Å². The number of carbonyl (C=O) groups is 3. The highest BCUT2D eigenvalue weighted by molar-refractivity contribution is 6.12. The summed E-state index contributed by atoms with van der Waals surface area (Å²) in [6.07, 6.45) is -1.16. The third-order valence-electron chi connectivity index (χ3n) is 6.16. The maximum absolute atomic E-state index is 13.9. The molecule has 1 aliphatic heterocycles. The van der Waals surface area contributed by atoms with Gasteiger partial charge in [0.1, 0.15) is 6.04 Å². The van der Waals surface area contributed by atoms with Crippen molar-refractivity contribution in [1.29, 1.82) is 0 Å². The first-order valence-corrected chi connectivity index (χ1v) is 11.4. The van der Waals surface area contributed by atoms with Crippen LogP contribution in [0.25, 0.3) is 0 Å². The highest BCUT2D eigenvalue weighted by Crippen LogP contribution is 2.37. The lowest BCUT2D eigenvalue weighted by atomic mass is 9.81. The number of para-hydroxylation sites is 1. The van der Waals surface area contributed by atoms with E-state index in [9.17, 15) is 14.4 Å². The summed E-state index contributed by atoms with van der Waals surface area (Å²) in [5.74, 6) is -1.98. The number of hydrogen-bond acceptors (Lipinski definition) is 5. The average Bonchev–Trinajstić information content (AvgIpc) is 3.34. The molecule has 0 unspecified atom stereocenters. The monoisotopic (exact) mass is 461 g/mol. The van der Waals surface area contributed by atoms with E-state index in [0.717, 1.165) is 0 Å². The summed E-state index contributed by atoms with van der Waals surface area (Å²) in [5, 5.41) is 1.44. The molecule has 0 radical (unpaired) electrons. The Morgan fingerprint density at radius 1 is 0.514 bits per heavy atom. The first kappa shape index (κ1) is 22.4. The number of hydroxylamine groups is 1. The molecule has 5 heteroatoms. The lowest BCUT2D eigenvalue weighted by Gasteiger charge is -2.25. The fourth-order valence-electron chi connectivity index (χ4n) is 4.46. The van der Waals surface area contributed by atoms with Crippen molar-refractivity contribution in [3.63, 3.8) is 0 Å². The van der Waals surface area contributed by atoms with Gasteiger partial charge in [0.25, 0.3) is 0 Å². The number of nitrogens with zero attached hydrogens (tertiary/aromatic N) is 1. The zero-order chi connectivity index (χ0) is 24.2. The zero-order valence-electron chi connectivity index (χ0n) is 18.9. The molecule has 0 aromatic heterocycles. The molecule has 0 spiro atoms. The highest BCUT2D eigenvalue weighted by Gasteiger charge is 2.54. The quantitative estimate of drug-likeness (QED) is 0.343. The molecule has 0 amide bonds. The lowest BCUT2D eigenvalue weighted by molar-refractivity contribution is 0.0462. The van der Waals surface area contributed by atoms with Gasteiger partial charge in [-0.25, -0.2) is 5.06 Å². The van der Waals surface area contributed by atoms with Gasteiger partial charge in [-0.2, -0.15) is 0 Å². The molecule has 1 aliphatic rings. The summed E-state index contributed by atoms with van der Waals surface area (Å²) in [6, 6.07) is 34.3. The predicted octanol–water partition coefficient (Wildman–Crippen LogP) is 5.44. The predicted molar refractivity (Wildman–Crippen MR) is 133 cm³/mol. The molecule has 0 bridgehead atoms. The average molecular weight is 462 g/mol. The van der Waals surface area contributed by atoms with Crippen molar-refractivity contribution in [2.75, 3.05) is 5.06 Å². The van der Waals surface area contributed by atoms with Gasteiger partial charge in [0.2, 0.25) is 0 Å². The molecule has 0 saturated carbocycles. The van der Waals surface area contributed by atoms with E-state index in [0.29, 0.717) is 22.4 Å². The second kappa shape index (κ2) is 9.87. The molecule has 0 aliphatic carbocycles. The van der Waals surface area contributed by atoms with E-state index >= 15 is 0 Å². The molecule has 1 fully saturated rings. The van der Waals surface area contributed by atoms with E-state index < -0.39 is 18.1 Å². The number of anilines is 1. The van der Waals surface area contributed by atoms with E-state index in [1.165, 1.54) is 5.06 Å². The molecular weight excluding hydrogens is 438 g/mol. The standard InChI is InChI=1S/C30H23NO4/c32-27(21-13-5-1-6-14-21)25-26(28(33)22-15-7-2-8-16-22)31(24-19-11-4-12-20-24)35-30(25)29(34)23-17-9-3-10-18-23/h1-20,25-26,30H/t25-,26-,30+/m0/s1. The first-order valence-electron chi connectivity index (χ1n) is 11.4. The van der Waals surface area contributed by atoms with E-state index in [-0.39, 0.29) is 17.3 Å². The highest BCUT2D eigenvalue weighted by atomic mass is 16.7. The van der Waals surface area contributed by atoms with Crippen molar-refractivity contribution < 1.29 is 19.2 Å². The molecule has 5 rings (SSSR count). The normalized spacial score (nSPS) is 19.3. The lowest BCUT2D eigenvalue weighted by Crippen LogP contribution is -2.44. The van der Waals surface area contributed by atoms with E-state index in [4.69, 9.17) is 4.84 Å². The van der Waals surface area contributed by atoms with Crippen molar-refractivity contribution in [2.45, 2.75) is 12.1 Å². The van der Waals surface area contributed by atoms with Crippen molar-refractivity contribution in [3.05, 3.63) is 138 Å². The van der Waals surface area contributed by atoms with Gasteiger partial charge in [-0.05, 0) is 12.1 Å². The molecule has 0 N–H and O–H groups in total. The fraction of sp³-hybridized carbons (Fsp3) is 0.100. The van der Waals surface area contributed by atoms with Gasteiger partial charge in [0, 0.05) is 16.7 Å². The maximum atomic E-state index is 13.9. The molecule has 5 nitrogen and oxygen atoms in total. The topological polar surface area (TPSA) is 63.7 Å². The zero-order valence-corrected chi connectivity index (χ0v) is 18.9. The summed E-state index contributed by atoms with van der Waals surface area (Å²) in [4.78, 5) is 47.7. The van der Waals surface area contributed by atoms with E-state index in [2.05, 4.69) is 0 Å². The smallest absolute Gasteiger partial charge is 0.195 e. The maximum Gasteiger partial charge on any atom is 0.195 e. The SMILES string of the molecule is O=C(c1ccccc1)[C@@H]1[C@@H](C(=O)c2ccccc2)N(c2ccccc2)O[C@H]1C(=O)c1ccccc1. The van der Waals surface area contributed by atoms with Gasteiger partial charge in [-0.1, -0.05) is 109 Å². The Morgan fingerprint density at radius 2 is 0.914 bits per heavy atom. The Morgan fingerprint density at radius 3 is 1.40 bits per heavy atom. The van der Waals surface area contributed by atoms with Gasteiger partial charge >= 0.3 is 0 Å². The van der Waals surface area contributed by atoms with Crippen LogP contribution in [0, 0.1) is 5.92 Å². The van der Waals surface area contributed by atoms with Crippen LogP contribution in [0.4, 0.5) is 5.69 Å². The summed E-state index contributed by atoms with van der Waals surface area (Å²) >= 11 is 0. The molecule has 4 aromatic carbocycles. The van der Waals surface area contributed by atoms with Crippen LogP contribution in [0.1, 0.15) is 31.1 Å². The Balaban J connectivity index is 1.65. The van der Waals surface area contributed by atoms with Crippen LogP contribution in [0.2, 0.25) is 0 Å². The minimum Gasteiger partial charge on any atom is -0.294 e. The molecule has 172 valence electrons. The number of carbonyl (C=O) groups excluding carboxylic acids is 3. The minimum absolute atomic E-state index is 0.285. The van der Waals surface area contributed by atoms with Gasteiger partial charge in [0.15, 0.2) is 23.5 Å². The van der Waals surface area contributed by atoms with Crippen LogP contribution in [0.15, 0.2) is 121 Å². The van der Waals surface area contributed by atoms with Crippen molar-refractivity contribution in [1.82, 2.24) is 0 Å². The Labute approximate surface area is 203 Å². The summed E-state index contributed by atoms with van der Waals surface area (Å²) < 4.78 is 0. The van der Waals surface area contributed by atoms with Crippen molar-refractivity contribution in [2.24, 2.45) is 5.92 Å². The van der Waals surface area contributed by atoms with Gasteiger partial charge in [0.05, 0.1) is 11.6 Å². The minimum atomic E-state index is -1.16. The third kappa shape index (κ3) is 4.42. The second-order valence-electron chi connectivity index (χ2n) is 8.35. The van der Waals surface area contributed by atoms with Crippen molar-refractivity contribution >= 4 is 23.0 Å². The third-order valence-corrected chi connectivity index (χ3v) is 6.16. The summed E-state index contributed by atoms with van der Waals surface area (Å²) in [6.45, 7) is 0.